The Balaban J connectivity index is 0.00000512. The highest BCUT2D eigenvalue weighted by Crippen LogP contribution is 2.24. The predicted octanol–water partition coefficient (Wildman–Crippen LogP) is 3.21. The first kappa shape index (κ1) is 27.4. The lowest BCUT2D eigenvalue weighted by molar-refractivity contribution is -0.147. The van der Waals surface area contributed by atoms with Gasteiger partial charge in [0.2, 0.25) is 5.91 Å². The maximum absolute atomic E-state index is 14.4. The molecule has 0 spiro atoms. The standard InChI is InChI=1S/C20H24F2N4O4S.ClH/c1-20(2,3)10-15(27)24-17-13(21)8-12(9-14(17)22)18(29)25-19-26(6-7-31-19)11-30-16(28)4-5-23;/h6-9H,4-5,10-11,23H2,1-3H3,(H,24,27);1H. The van der Waals surface area contributed by atoms with E-state index in [-0.39, 0.29) is 54.3 Å². The van der Waals surface area contributed by atoms with Crippen molar-refractivity contribution < 1.29 is 27.9 Å². The molecule has 0 aliphatic heterocycles. The molecular weight excluding hydrogens is 466 g/mol. The molecule has 12 heteroatoms. The van der Waals surface area contributed by atoms with Gasteiger partial charge in [-0.25, -0.2) is 8.78 Å². The van der Waals surface area contributed by atoms with Crippen molar-refractivity contribution in [2.24, 2.45) is 16.1 Å². The van der Waals surface area contributed by atoms with Crippen molar-refractivity contribution in [1.82, 2.24) is 4.57 Å². The molecular formula is C20H25ClF2N4O4S. The zero-order chi connectivity index (χ0) is 23.2. The van der Waals surface area contributed by atoms with E-state index in [1.165, 1.54) is 4.57 Å². The maximum Gasteiger partial charge on any atom is 0.308 e. The summed E-state index contributed by atoms with van der Waals surface area (Å²) in [6.07, 6.45) is 1.66. The van der Waals surface area contributed by atoms with Crippen molar-refractivity contribution in [3.8, 4) is 0 Å². The van der Waals surface area contributed by atoms with Gasteiger partial charge in [-0.3, -0.25) is 19.0 Å². The fourth-order valence-electron chi connectivity index (χ4n) is 2.45. The summed E-state index contributed by atoms with van der Waals surface area (Å²) >= 11 is 1.08. The molecule has 1 aromatic carbocycles. The third-order valence-electron chi connectivity index (χ3n) is 3.81. The number of nitrogens with one attached hydrogen (secondary N) is 1. The average molecular weight is 491 g/mol. The third kappa shape index (κ3) is 8.13. The minimum atomic E-state index is -1.09. The minimum Gasteiger partial charge on any atom is -0.444 e. The van der Waals surface area contributed by atoms with Crippen LogP contribution in [0.5, 0.6) is 0 Å². The van der Waals surface area contributed by atoms with E-state index < -0.39 is 35.1 Å². The largest absolute Gasteiger partial charge is 0.444 e. The summed E-state index contributed by atoms with van der Waals surface area (Å²) in [6, 6.07) is 1.61. The summed E-state index contributed by atoms with van der Waals surface area (Å²) in [7, 11) is 0. The van der Waals surface area contributed by atoms with Crippen LogP contribution in [0.2, 0.25) is 0 Å². The number of halogens is 3. The van der Waals surface area contributed by atoms with E-state index in [0.717, 1.165) is 23.5 Å². The summed E-state index contributed by atoms with van der Waals surface area (Å²) in [6.45, 7) is 5.41. The fourth-order valence-corrected chi connectivity index (χ4v) is 3.16. The Morgan fingerprint density at radius 2 is 1.84 bits per heavy atom. The van der Waals surface area contributed by atoms with Gasteiger partial charge in [-0.05, 0) is 17.5 Å². The lowest BCUT2D eigenvalue weighted by Crippen LogP contribution is -2.21. The SMILES string of the molecule is CC(C)(C)CC(=O)Nc1c(F)cc(C(=O)N=c2sccn2COC(=O)CCN)cc1F.Cl. The number of ether oxygens (including phenoxy) is 1. The van der Waals surface area contributed by atoms with Gasteiger partial charge in [-0.2, -0.15) is 4.99 Å². The second kappa shape index (κ2) is 11.8. The Hall–Kier alpha value is -2.63. The van der Waals surface area contributed by atoms with Crippen molar-refractivity contribution in [3.63, 3.8) is 0 Å². The number of anilines is 1. The van der Waals surface area contributed by atoms with Crippen LogP contribution in [0.3, 0.4) is 0 Å². The number of aromatic nitrogens is 1. The number of thiazole rings is 1. The molecule has 0 radical (unpaired) electrons. The van der Waals surface area contributed by atoms with Gasteiger partial charge in [0.15, 0.2) is 23.2 Å². The van der Waals surface area contributed by atoms with E-state index in [1.807, 2.05) is 20.8 Å². The fraction of sp³-hybridized carbons (Fsp3) is 0.400. The Labute approximate surface area is 193 Å². The van der Waals surface area contributed by atoms with Crippen LogP contribution in [0.15, 0.2) is 28.7 Å². The molecule has 2 amide bonds. The summed E-state index contributed by atoms with van der Waals surface area (Å²) in [5.41, 5.74) is 3.96. The number of nitrogens with two attached hydrogens (primary N) is 1. The number of carbonyl (C=O) groups excluding carboxylic acids is 3. The van der Waals surface area contributed by atoms with Crippen LogP contribution in [0.4, 0.5) is 14.5 Å². The number of benzene rings is 1. The summed E-state index contributed by atoms with van der Waals surface area (Å²) in [5.74, 6) is -4.12. The van der Waals surface area contributed by atoms with Gasteiger partial charge in [0.1, 0.15) is 5.69 Å². The van der Waals surface area contributed by atoms with Crippen molar-refractivity contribution in [2.75, 3.05) is 11.9 Å². The molecule has 176 valence electrons. The highest BCUT2D eigenvalue weighted by atomic mass is 35.5. The molecule has 1 heterocycles. The summed E-state index contributed by atoms with van der Waals surface area (Å²) in [4.78, 5) is 39.8. The van der Waals surface area contributed by atoms with Crippen molar-refractivity contribution in [1.29, 1.82) is 0 Å². The minimum absolute atomic E-state index is 0. The van der Waals surface area contributed by atoms with Gasteiger partial charge in [-0.1, -0.05) is 20.8 Å². The number of esters is 1. The summed E-state index contributed by atoms with van der Waals surface area (Å²) < 4.78 is 35.2. The number of carbonyl (C=O) groups is 3. The molecule has 0 unspecified atom stereocenters. The summed E-state index contributed by atoms with van der Waals surface area (Å²) in [5, 5.41) is 3.81. The maximum atomic E-state index is 14.4. The van der Waals surface area contributed by atoms with Crippen molar-refractivity contribution in [3.05, 3.63) is 45.7 Å². The highest BCUT2D eigenvalue weighted by Gasteiger charge is 2.20. The van der Waals surface area contributed by atoms with Crippen LogP contribution in [-0.2, 0) is 21.1 Å². The van der Waals surface area contributed by atoms with E-state index >= 15 is 0 Å². The van der Waals surface area contributed by atoms with Gasteiger partial charge in [0, 0.05) is 30.1 Å². The Kier molecular flexibility index (Phi) is 10.1. The van der Waals surface area contributed by atoms with Gasteiger partial charge < -0.3 is 15.8 Å². The average Bonchev–Trinajstić information content (AvgIpc) is 3.08. The first-order valence-corrected chi connectivity index (χ1v) is 10.3. The number of amides is 2. The van der Waals surface area contributed by atoms with E-state index in [2.05, 4.69) is 10.3 Å². The molecule has 0 aliphatic rings. The molecule has 0 aliphatic carbocycles. The zero-order valence-electron chi connectivity index (χ0n) is 17.8. The van der Waals surface area contributed by atoms with E-state index in [1.54, 1.807) is 11.6 Å². The van der Waals surface area contributed by atoms with Gasteiger partial charge >= 0.3 is 5.97 Å². The molecule has 1 aromatic heterocycles. The van der Waals surface area contributed by atoms with Crippen LogP contribution in [0.1, 0.15) is 44.0 Å². The zero-order valence-corrected chi connectivity index (χ0v) is 19.4. The molecule has 2 aromatic rings. The normalized spacial score (nSPS) is 11.6. The number of nitrogens with zero attached hydrogens (tertiary/aromatic N) is 2. The third-order valence-corrected chi connectivity index (χ3v) is 4.61. The number of hydrogen-bond donors (Lipinski definition) is 2. The second-order valence-corrected chi connectivity index (χ2v) is 8.73. The quantitative estimate of drug-likeness (QED) is 0.578. The first-order chi connectivity index (χ1) is 14.5. The Bertz CT molecular complexity index is 1020. The molecule has 2 rings (SSSR count). The van der Waals surface area contributed by atoms with E-state index in [9.17, 15) is 23.2 Å². The van der Waals surface area contributed by atoms with Crippen LogP contribution < -0.4 is 15.9 Å². The molecule has 3 N–H and O–H groups in total. The predicted molar refractivity (Wildman–Crippen MR) is 118 cm³/mol. The number of hydrogen-bond acceptors (Lipinski definition) is 6. The topological polar surface area (TPSA) is 116 Å². The Morgan fingerprint density at radius 3 is 2.41 bits per heavy atom. The van der Waals surface area contributed by atoms with Crippen molar-refractivity contribution >= 4 is 47.2 Å². The lowest BCUT2D eigenvalue weighted by atomic mass is 9.92. The molecule has 8 nitrogen and oxygen atoms in total. The van der Waals surface area contributed by atoms with Crippen LogP contribution in [0, 0.1) is 17.0 Å². The molecule has 0 atom stereocenters. The molecule has 0 fully saturated rings. The molecule has 32 heavy (non-hydrogen) atoms. The van der Waals surface area contributed by atoms with Gasteiger partial charge in [-0.15, -0.1) is 23.7 Å². The molecule has 0 saturated carbocycles. The highest BCUT2D eigenvalue weighted by molar-refractivity contribution is 7.07. The first-order valence-electron chi connectivity index (χ1n) is 9.38. The van der Waals surface area contributed by atoms with Gasteiger partial charge in [0.25, 0.3) is 5.91 Å². The lowest BCUT2D eigenvalue weighted by Gasteiger charge is -2.17. The number of rotatable bonds is 7. The monoisotopic (exact) mass is 490 g/mol. The molecule has 0 saturated heterocycles. The van der Waals surface area contributed by atoms with E-state index in [0.29, 0.717) is 0 Å². The smallest absolute Gasteiger partial charge is 0.308 e. The Morgan fingerprint density at radius 1 is 1.22 bits per heavy atom. The van der Waals surface area contributed by atoms with Crippen LogP contribution in [0.25, 0.3) is 0 Å². The van der Waals surface area contributed by atoms with Gasteiger partial charge in [0.05, 0.1) is 6.42 Å². The van der Waals surface area contributed by atoms with Crippen LogP contribution in [-0.4, -0.2) is 28.9 Å². The van der Waals surface area contributed by atoms with Crippen molar-refractivity contribution in [2.45, 2.75) is 40.3 Å². The van der Waals surface area contributed by atoms with E-state index in [4.69, 9.17) is 10.5 Å². The molecule has 0 bridgehead atoms. The van der Waals surface area contributed by atoms with Crippen LogP contribution >= 0.6 is 23.7 Å². The second-order valence-electron chi connectivity index (χ2n) is 7.86.